The lowest BCUT2D eigenvalue weighted by molar-refractivity contribution is 0.828. The van der Waals surface area contributed by atoms with Gasteiger partial charge in [-0.05, 0) is 24.7 Å². The molecule has 0 fully saturated rings. The summed E-state index contributed by atoms with van der Waals surface area (Å²) in [7, 11) is 0. The van der Waals surface area contributed by atoms with Crippen LogP contribution in [-0.4, -0.2) is 0 Å². The minimum Gasteiger partial charge on any atom is -0.0891 e. The van der Waals surface area contributed by atoms with E-state index >= 15 is 0 Å². The van der Waals surface area contributed by atoms with Crippen molar-refractivity contribution in [1.29, 1.82) is 0 Å². The van der Waals surface area contributed by atoms with Crippen molar-refractivity contribution >= 4 is 0 Å². The van der Waals surface area contributed by atoms with E-state index in [-0.39, 0.29) is 0 Å². The van der Waals surface area contributed by atoms with E-state index in [4.69, 9.17) is 0 Å². The smallest absolute Gasteiger partial charge is 0.00988 e. The Hall–Kier alpha value is -0.880. The molecule has 0 aliphatic rings. The minimum absolute atomic E-state index is 0.975. The normalized spacial score (nSPS) is 7.45. The van der Waals surface area contributed by atoms with Crippen molar-refractivity contribution in [3.8, 4) is 23.7 Å². The summed E-state index contributed by atoms with van der Waals surface area (Å²) in [5, 5.41) is 0. The predicted octanol–water partition coefficient (Wildman–Crippen LogP) is 2.98. The van der Waals surface area contributed by atoms with Gasteiger partial charge in [0, 0.05) is 12.8 Å². The summed E-state index contributed by atoms with van der Waals surface area (Å²) in [6.45, 7) is 4.30. The topological polar surface area (TPSA) is 0 Å². The molecule has 0 aliphatic heterocycles. The minimum atomic E-state index is 0.975. The standard InChI is InChI=1S/C11H16/c1-3-5-7-9-11-10-8-6-4-2/h3-7H2,1-2H3. The zero-order chi connectivity index (χ0) is 8.36. The van der Waals surface area contributed by atoms with E-state index in [9.17, 15) is 0 Å². The molecule has 0 saturated heterocycles. The molecule has 0 saturated carbocycles. The first-order valence-corrected chi connectivity index (χ1v) is 4.37. The summed E-state index contributed by atoms with van der Waals surface area (Å²) in [5.41, 5.74) is 0. The molecule has 0 amide bonds. The fraction of sp³-hybridized carbons (Fsp3) is 0.636. The lowest BCUT2D eigenvalue weighted by Crippen LogP contribution is -1.66. The Morgan fingerprint density at radius 2 is 1.45 bits per heavy atom. The van der Waals surface area contributed by atoms with Gasteiger partial charge in [0.1, 0.15) is 0 Å². The van der Waals surface area contributed by atoms with E-state index in [1.54, 1.807) is 0 Å². The molecule has 0 spiro atoms. The molecule has 0 atom stereocenters. The Bertz CT molecular complexity index is 180. The van der Waals surface area contributed by atoms with Gasteiger partial charge in [-0.1, -0.05) is 32.1 Å². The van der Waals surface area contributed by atoms with Crippen molar-refractivity contribution in [2.24, 2.45) is 0 Å². The Balaban J connectivity index is 3.33. The van der Waals surface area contributed by atoms with E-state index in [0.29, 0.717) is 0 Å². The van der Waals surface area contributed by atoms with Crippen LogP contribution in [0.15, 0.2) is 0 Å². The second-order valence-electron chi connectivity index (χ2n) is 2.46. The van der Waals surface area contributed by atoms with Gasteiger partial charge in [0.2, 0.25) is 0 Å². The van der Waals surface area contributed by atoms with Gasteiger partial charge in [0.15, 0.2) is 0 Å². The van der Waals surface area contributed by atoms with Crippen molar-refractivity contribution in [3.05, 3.63) is 0 Å². The Kier molecular flexibility index (Phi) is 8.39. The molecule has 0 radical (unpaired) electrons. The van der Waals surface area contributed by atoms with Gasteiger partial charge in [-0.2, -0.15) is 0 Å². The summed E-state index contributed by atoms with van der Waals surface area (Å²) in [6.07, 6.45) is 5.52. The Morgan fingerprint density at radius 1 is 0.818 bits per heavy atom. The number of hydrogen-bond donors (Lipinski definition) is 0. The van der Waals surface area contributed by atoms with Crippen molar-refractivity contribution in [3.63, 3.8) is 0 Å². The maximum atomic E-state index is 3.02. The van der Waals surface area contributed by atoms with Crippen LogP contribution in [0.2, 0.25) is 0 Å². The maximum Gasteiger partial charge on any atom is 0.00988 e. The highest BCUT2D eigenvalue weighted by molar-refractivity contribution is 5.25. The van der Waals surface area contributed by atoms with Crippen LogP contribution >= 0.6 is 0 Å². The van der Waals surface area contributed by atoms with Gasteiger partial charge >= 0.3 is 0 Å². The first kappa shape index (κ1) is 10.1. The van der Waals surface area contributed by atoms with Crippen molar-refractivity contribution in [2.75, 3.05) is 0 Å². The highest BCUT2D eigenvalue weighted by Gasteiger charge is 1.74. The molecule has 0 aromatic heterocycles. The van der Waals surface area contributed by atoms with Crippen LogP contribution < -0.4 is 0 Å². The van der Waals surface area contributed by atoms with Crippen molar-refractivity contribution in [1.82, 2.24) is 0 Å². The highest BCUT2D eigenvalue weighted by atomic mass is 13.8. The molecule has 0 aromatic rings. The third-order valence-corrected chi connectivity index (χ3v) is 1.27. The molecular formula is C11H16. The van der Waals surface area contributed by atoms with Crippen LogP contribution in [0, 0.1) is 23.7 Å². The number of unbranched alkanes of at least 4 members (excludes halogenated alkanes) is 3. The molecule has 0 rings (SSSR count). The van der Waals surface area contributed by atoms with Gasteiger partial charge in [0.05, 0.1) is 0 Å². The Morgan fingerprint density at radius 3 is 2.00 bits per heavy atom. The quantitative estimate of drug-likeness (QED) is 0.426. The molecule has 0 heterocycles. The first-order chi connectivity index (χ1) is 5.41. The van der Waals surface area contributed by atoms with E-state index in [1.165, 1.54) is 12.8 Å². The second-order valence-corrected chi connectivity index (χ2v) is 2.46. The average molecular weight is 148 g/mol. The summed E-state index contributed by atoms with van der Waals surface area (Å²) < 4.78 is 0. The summed E-state index contributed by atoms with van der Waals surface area (Å²) >= 11 is 0. The third kappa shape index (κ3) is 9.12. The van der Waals surface area contributed by atoms with Crippen LogP contribution in [0.5, 0.6) is 0 Å². The zero-order valence-electron chi connectivity index (χ0n) is 7.54. The van der Waals surface area contributed by atoms with Crippen molar-refractivity contribution in [2.45, 2.75) is 46.0 Å². The van der Waals surface area contributed by atoms with Crippen LogP contribution in [0.3, 0.4) is 0 Å². The van der Waals surface area contributed by atoms with E-state index in [2.05, 4.69) is 37.5 Å². The maximum absolute atomic E-state index is 3.02. The average Bonchev–Trinajstić information content (AvgIpc) is 2.03. The fourth-order valence-electron chi connectivity index (χ4n) is 0.604. The molecule has 0 aromatic carbocycles. The first-order valence-electron chi connectivity index (χ1n) is 4.37. The van der Waals surface area contributed by atoms with Crippen LogP contribution in [0.1, 0.15) is 46.0 Å². The molecule has 0 heteroatoms. The van der Waals surface area contributed by atoms with Gasteiger partial charge in [-0.25, -0.2) is 0 Å². The lowest BCUT2D eigenvalue weighted by Gasteiger charge is -1.80. The predicted molar refractivity (Wildman–Crippen MR) is 50.0 cm³/mol. The van der Waals surface area contributed by atoms with Crippen molar-refractivity contribution < 1.29 is 0 Å². The van der Waals surface area contributed by atoms with Gasteiger partial charge in [-0.15, -0.1) is 0 Å². The van der Waals surface area contributed by atoms with E-state index in [1.807, 2.05) is 0 Å². The number of rotatable bonds is 3. The van der Waals surface area contributed by atoms with Crippen LogP contribution in [-0.2, 0) is 0 Å². The van der Waals surface area contributed by atoms with Gasteiger partial charge in [-0.3, -0.25) is 0 Å². The third-order valence-electron chi connectivity index (χ3n) is 1.27. The SMILES string of the molecule is CCCC#CC#CCCCC. The van der Waals surface area contributed by atoms with Gasteiger partial charge in [0.25, 0.3) is 0 Å². The monoisotopic (exact) mass is 148 g/mol. The van der Waals surface area contributed by atoms with Gasteiger partial charge < -0.3 is 0 Å². The number of hydrogen-bond acceptors (Lipinski definition) is 0. The van der Waals surface area contributed by atoms with Crippen LogP contribution in [0.25, 0.3) is 0 Å². The summed E-state index contributed by atoms with van der Waals surface area (Å²) in [6, 6.07) is 0. The van der Waals surface area contributed by atoms with Crippen LogP contribution in [0.4, 0.5) is 0 Å². The van der Waals surface area contributed by atoms with E-state index < -0.39 is 0 Å². The molecule has 60 valence electrons. The molecule has 0 N–H and O–H groups in total. The summed E-state index contributed by atoms with van der Waals surface area (Å²) in [4.78, 5) is 0. The molecule has 0 bridgehead atoms. The largest absolute Gasteiger partial charge is 0.0891 e. The molecule has 0 unspecified atom stereocenters. The molecule has 11 heavy (non-hydrogen) atoms. The molecule has 0 nitrogen and oxygen atoms in total. The fourth-order valence-corrected chi connectivity index (χ4v) is 0.604. The zero-order valence-corrected chi connectivity index (χ0v) is 7.54. The summed E-state index contributed by atoms with van der Waals surface area (Å²) in [5.74, 6) is 11.7. The van der Waals surface area contributed by atoms with E-state index in [0.717, 1.165) is 19.3 Å². The second kappa shape index (κ2) is 9.12. The molecule has 0 aliphatic carbocycles. The lowest BCUT2D eigenvalue weighted by atomic mass is 10.2. The Labute approximate surface area is 70.4 Å². The highest BCUT2D eigenvalue weighted by Crippen LogP contribution is 1.89. The molecular weight excluding hydrogens is 132 g/mol.